The first-order valence-corrected chi connectivity index (χ1v) is 8.44. The largest absolute Gasteiger partial charge is 0.356 e. The van der Waals surface area contributed by atoms with Gasteiger partial charge in [0.1, 0.15) is 5.01 Å². The predicted octanol–water partition coefficient (Wildman–Crippen LogP) is 2.44. The summed E-state index contributed by atoms with van der Waals surface area (Å²) in [4.78, 5) is 18.8. The van der Waals surface area contributed by atoms with Crippen molar-refractivity contribution >= 4 is 17.2 Å². The van der Waals surface area contributed by atoms with E-state index in [0.29, 0.717) is 12.3 Å². The van der Waals surface area contributed by atoms with Crippen LogP contribution in [0.2, 0.25) is 0 Å². The molecule has 0 unspecified atom stereocenters. The van der Waals surface area contributed by atoms with Crippen LogP contribution in [-0.4, -0.2) is 35.4 Å². The van der Waals surface area contributed by atoms with Crippen molar-refractivity contribution in [2.75, 3.05) is 19.6 Å². The first kappa shape index (κ1) is 15.4. The molecule has 0 radical (unpaired) electrons. The van der Waals surface area contributed by atoms with Gasteiger partial charge in [0.15, 0.2) is 0 Å². The number of aromatic nitrogens is 1. The molecule has 20 heavy (non-hydrogen) atoms. The molecule has 2 rings (SSSR count). The lowest BCUT2D eigenvalue weighted by Gasteiger charge is -2.25. The second kappa shape index (κ2) is 7.74. The van der Waals surface area contributed by atoms with Crippen LogP contribution in [0.3, 0.4) is 0 Å². The maximum Gasteiger partial charge on any atom is 0.226 e. The molecular weight excluding hydrogens is 270 g/mol. The molecule has 1 aromatic heterocycles. The summed E-state index contributed by atoms with van der Waals surface area (Å²) >= 11 is 1.68. The molecule has 0 aliphatic carbocycles. The van der Waals surface area contributed by atoms with Gasteiger partial charge in [0.25, 0.3) is 0 Å². The highest BCUT2D eigenvalue weighted by Gasteiger charge is 2.13. The van der Waals surface area contributed by atoms with E-state index in [4.69, 9.17) is 0 Å². The number of carbonyl (C=O) groups is 1. The molecule has 112 valence electrons. The van der Waals surface area contributed by atoms with Crippen LogP contribution >= 0.6 is 11.3 Å². The molecule has 0 aromatic carbocycles. The number of piperidine rings is 1. The van der Waals surface area contributed by atoms with E-state index in [1.54, 1.807) is 11.3 Å². The summed E-state index contributed by atoms with van der Waals surface area (Å²) in [6, 6.07) is 0. The van der Waals surface area contributed by atoms with Crippen molar-refractivity contribution in [3.63, 3.8) is 0 Å². The average Bonchev–Trinajstić information content (AvgIpc) is 2.85. The summed E-state index contributed by atoms with van der Waals surface area (Å²) in [5, 5.41) is 6.10. The van der Waals surface area contributed by atoms with Gasteiger partial charge in [0.2, 0.25) is 5.91 Å². The molecule has 1 aliphatic rings. The quantitative estimate of drug-likeness (QED) is 0.877. The Balaban J connectivity index is 1.77. The molecule has 0 saturated carbocycles. The lowest BCUT2D eigenvalue weighted by molar-refractivity contribution is -0.120. The summed E-state index contributed by atoms with van der Waals surface area (Å²) < 4.78 is 0. The van der Waals surface area contributed by atoms with Gasteiger partial charge in [-0.05, 0) is 31.8 Å². The fraction of sp³-hybridized carbons (Fsp3) is 0.733. The number of amides is 1. The van der Waals surface area contributed by atoms with Gasteiger partial charge < -0.3 is 5.32 Å². The zero-order chi connectivity index (χ0) is 14.4. The molecule has 4 nitrogen and oxygen atoms in total. The van der Waals surface area contributed by atoms with Crippen molar-refractivity contribution in [3.05, 3.63) is 16.1 Å². The average molecular weight is 295 g/mol. The minimum absolute atomic E-state index is 0.0773. The molecule has 1 fully saturated rings. The molecule has 5 heteroatoms. The van der Waals surface area contributed by atoms with E-state index in [2.05, 4.69) is 29.0 Å². The first-order chi connectivity index (χ1) is 9.63. The molecule has 1 saturated heterocycles. The van der Waals surface area contributed by atoms with E-state index >= 15 is 0 Å². The van der Waals surface area contributed by atoms with E-state index in [0.717, 1.165) is 23.8 Å². The Hall–Kier alpha value is -0.940. The van der Waals surface area contributed by atoms with Crippen LogP contribution in [0, 0.1) is 5.92 Å². The monoisotopic (exact) mass is 295 g/mol. The summed E-state index contributed by atoms with van der Waals surface area (Å²) in [5.41, 5.74) is 0.906. The number of carbonyl (C=O) groups excluding carboxylic acids is 1. The predicted molar refractivity (Wildman–Crippen MR) is 82.8 cm³/mol. The summed E-state index contributed by atoms with van der Waals surface area (Å²) in [7, 11) is 0. The summed E-state index contributed by atoms with van der Waals surface area (Å²) in [5.74, 6) is 0.567. The number of likely N-dealkylation sites (tertiary alicyclic amines) is 1. The van der Waals surface area contributed by atoms with Crippen molar-refractivity contribution in [3.8, 4) is 0 Å². The van der Waals surface area contributed by atoms with Crippen molar-refractivity contribution in [1.29, 1.82) is 0 Å². The number of nitrogens with one attached hydrogen (secondary N) is 1. The minimum Gasteiger partial charge on any atom is -0.356 e. The molecule has 0 atom stereocenters. The van der Waals surface area contributed by atoms with E-state index in [9.17, 15) is 4.79 Å². The SMILES string of the molecule is CC(C)CNC(=O)Cc1csc(CN2CCCCC2)n1. The molecule has 0 bridgehead atoms. The zero-order valence-corrected chi connectivity index (χ0v) is 13.3. The normalized spacial score (nSPS) is 16.6. The van der Waals surface area contributed by atoms with Crippen LogP contribution in [-0.2, 0) is 17.8 Å². The Morgan fingerprint density at radius 1 is 1.40 bits per heavy atom. The maximum atomic E-state index is 11.8. The number of hydrogen-bond acceptors (Lipinski definition) is 4. The minimum atomic E-state index is 0.0773. The second-order valence-electron chi connectivity index (χ2n) is 5.94. The summed E-state index contributed by atoms with van der Waals surface area (Å²) in [6.45, 7) is 8.25. The van der Waals surface area contributed by atoms with Crippen LogP contribution in [0.4, 0.5) is 0 Å². The zero-order valence-electron chi connectivity index (χ0n) is 12.5. The third-order valence-corrected chi connectivity index (χ3v) is 4.34. The molecule has 0 spiro atoms. The van der Waals surface area contributed by atoms with Gasteiger partial charge in [-0.1, -0.05) is 20.3 Å². The number of thiazole rings is 1. The summed E-state index contributed by atoms with van der Waals surface area (Å²) in [6.07, 6.45) is 4.37. The van der Waals surface area contributed by atoms with Gasteiger partial charge in [0, 0.05) is 11.9 Å². The van der Waals surface area contributed by atoms with Gasteiger partial charge in [-0.2, -0.15) is 0 Å². The van der Waals surface area contributed by atoms with Crippen LogP contribution < -0.4 is 5.32 Å². The number of rotatable bonds is 6. The van der Waals surface area contributed by atoms with Crippen LogP contribution in [0.5, 0.6) is 0 Å². The lowest BCUT2D eigenvalue weighted by Crippen LogP contribution is -2.29. The van der Waals surface area contributed by atoms with Crippen molar-refractivity contribution < 1.29 is 4.79 Å². The third kappa shape index (κ3) is 5.21. The van der Waals surface area contributed by atoms with Gasteiger partial charge in [-0.25, -0.2) is 4.98 Å². The van der Waals surface area contributed by atoms with E-state index < -0.39 is 0 Å². The highest BCUT2D eigenvalue weighted by Crippen LogP contribution is 2.16. The fourth-order valence-corrected chi connectivity index (χ4v) is 3.19. The second-order valence-corrected chi connectivity index (χ2v) is 6.89. The van der Waals surface area contributed by atoms with E-state index in [-0.39, 0.29) is 5.91 Å². The van der Waals surface area contributed by atoms with Gasteiger partial charge in [0.05, 0.1) is 18.7 Å². The van der Waals surface area contributed by atoms with Crippen molar-refractivity contribution in [2.24, 2.45) is 5.92 Å². The highest BCUT2D eigenvalue weighted by atomic mass is 32.1. The van der Waals surface area contributed by atoms with Crippen LogP contribution in [0.15, 0.2) is 5.38 Å². The Morgan fingerprint density at radius 2 is 2.15 bits per heavy atom. The highest BCUT2D eigenvalue weighted by molar-refractivity contribution is 7.09. The van der Waals surface area contributed by atoms with Gasteiger partial charge in [-0.3, -0.25) is 9.69 Å². The maximum absolute atomic E-state index is 11.8. The molecule has 2 heterocycles. The Labute approximate surface area is 125 Å². The molecule has 1 aromatic rings. The smallest absolute Gasteiger partial charge is 0.226 e. The number of nitrogens with zero attached hydrogens (tertiary/aromatic N) is 2. The van der Waals surface area contributed by atoms with E-state index in [1.165, 1.54) is 32.4 Å². The van der Waals surface area contributed by atoms with Gasteiger partial charge >= 0.3 is 0 Å². The fourth-order valence-electron chi connectivity index (χ4n) is 2.36. The topological polar surface area (TPSA) is 45.2 Å². The van der Waals surface area contributed by atoms with Crippen molar-refractivity contribution in [1.82, 2.24) is 15.2 Å². The molecular formula is C15H25N3OS. The van der Waals surface area contributed by atoms with Crippen molar-refractivity contribution in [2.45, 2.75) is 46.1 Å². The third-order valence-electron chi connectivity index (χ3n) is 3.46. The van der Waals surface area contributed by atoms with Crippen LogP contribution in [0.1, 0.15) is 43.8 Å². The van der Waals surface area contributed by atoms with Gasteiger partial charge in [-0.15, -0.1) is 11.3 Å². The standard InChI is InChI=1S/C15H25N3OS/c1-12(2)9-16-14(19)8-13-11-20-15(17-13)10-18-6-4-3-5-7-18/h11-12H,3-10H2,1-2H3,(H,16,19). The number of hydrogen-bond donors (Lipinski definition) is 1. The molecule has 1 amide bonds. The van der Waals surface area contributed by atoms with E-state index in [1.807, 2.05) is 5.38 Å². The van der Waals surface area contributed by atoms with Crippen LogP contribution in [0.25, 0.3) is 0 Å². The molecule has 1 aliphatic heterocycles. The Kier molecular flexibility index (Phi) is 5.98. The Bertz CT molecular complexity index is 425. The molecule has 1 N–H and O–H groups in total. The first-order valence-electron chi connectivity index (χ1n) is 7.56. The lowest BCUT2D eigenvalue weighted by atomic mass is 10.1. The Morgan fingerprint density at radius 3 is 2.85 bits per heavy atom.